The highest BCUT2D eigenvalue weighted by Crippen LogP contribution is 2.26. The third-order valence-electron chi connectivity index (χ3n) is 4.06. The van der Waals surface area contributed by atoms with Crippen LogP contribution in [0.3, 0.4) is 0 Å². The molecule has 0 unspecified atom stereocenters. The second-order valence-corrected chi connectivity index (χ2v) is 5.54. The molecule has 1 aliphatic heterocycles. The molecule has 4 heterocycles. The summed E-state index contributed by atoms with van der Waals surface area (Å²) in [4.78, 5) is 16.5. The molecule has 22 heavy (non-hydrogen) atoms. The lowest BCUT2D eigenvalue weighted by Crippen LogP contribution is -2.35. The van der Waals surface area contributed by atoms with Gasteiger partial charge in [-0.1, -0.05) is 0 Å². The third-order valence-corrected chi connectivity index (χ3v) is 4.06. The Hall–Kier alpha value is -2.47. The van der Waals surface area contributed by atoms with Gasteiger partial charge in [-0.3, -0.25) is 0 Å². The lowest BCUT2D eigenvalue weighted by Gasteiger charge is -2.23. The average Bonchev–Trinajstić information content (AvgIpc) is 3.00. The molecule has 0 amide bonds. The molecule has 0 bridgehead atoms. The molecule has 0 aliphatic carbocycles. The molecule has 6 nitrogen and oxygen atoms in total. The van der Waals surface area contributed by atoms with Gasteiger partial charge in [0.1, 0.15) is 5.65 Å². The number of hydrogen-bond acceptors (Lipinski definition) is 5. The van der Waals surface area contributed by atoms with E-state index in [0.717, 1.165) is 48.2 Å². The van der Waals surface area contributed by atoms with Gasteiger partial charge >= 0.3 is 0 Å². The van der Waals surface area contributed by atoms with E-state index in [1.54, 1.807) is 12.4 Å². The highest BCUT2D eigenvalue weighted by atomic mass is 15.1. The first-order valence-electron chi connectivity index (χ1n) is 7.63. The van der Waals surface area contributed by atoms with E-state index >= 15 is 0 Å². The SMILES string of the molecule is c1cnc2[nH]cc(-c3ccnc(NC4CCNCC4)n3)c2c1. The van der Waals surface area contributed by atoms with Gasteiger partial charge in [-0.25, -0.2) is 15.0 Å². The van der Waals surface area contributed by atoms with Crippen molar-refractivity contribution in [1.29, 1.82) is 0 Å². The highest BCUT2D eigenvalue weighted by Gasteiger charge is 2.14. The summed E-state index contributed by atoms with van der Waals surface area (Å²) in [5, 5.41) is 7.88. The zero-order chi connectivity index (χ0) is 14.8. The van der Waals surface area contributed by atoms with Crippen LogP contribution in [0.5, 0.6) is 0 Å². The fourth-order valence-electron chi connectivity index (χ4n) is 2.89. The first kappa shape index (κ1) is 13.2. The van der Waals surface area contributed by atoms with Crippen LogP contribution in [0, 0.1) is 0 Å². The predicted molar refractivity (Wildman–Crippen MR) is 86.6 cm³/mol. The maximum absolute atomic E-state index is 4.67. The molecule has 0 aromatic carbocycles. The number of anilines is 1. The van der Waals surface area contributed by atoms with Crippen LogP contribution in [0.4, 0.5) is 5.95 Å². The number of aromatic amines is 1. The summed E-state index contributed by atoms with van der Waals surface area (Å²) in [7, 11) is 0. The molecule has 1 saturated heterocycles. The number of H-pyrrole nitrogens is 1. The van der Waals surface area contributed by atoms with Crippen molar-refractivity contribution in [3.05, 3.63) is 36.8 Å². The van der Waals surface area contributed by atoms with E-state index in [2.05, 4.69) is 36.6 Å². The number of nitrogens with zero attached hydrogens (tertiary/aromatic N) is 3. The Morgan fingerprint density at radius 3 is 2.91 bits per heavy atom. The van der Waals surface area contributed by atoms with Crippen LogP contribution in [0.2, 0.25) is 0 Å². The van der Waals surface area contributed by atoms with E-state index in [1.165, 1.54) is 0 Å². The van der Waals surface area contributed by atoms with Crippen molar-refractivity contribution in [1.82, 2.24) is 25.3 Å². The molecule has 4 rings (SSSR count). The smallest absolute Gasteiger partial charge is 0.223 e. The highest BCUT2D eigenvalue weighted by molar-refractivity contribution is 5.92. The fourth-order valence-corrected chi connectivity index (χ4v) is 2.89. The van der Waals surface area contributed by atoms with Gasteiger partial charge < -0.3 is 15.6 Å². The Balaban J connectivity index is 1.63. The zero-order valence-electron chi connectivity index (χ0n) is 12.2. The Morgan fingerprint density at radius 1 is 1.09 bits per heavy atom. The molecular weight excluding hydrogens is 276 g/mol. The molecule has 6 heteroatoms. The summed E-state index contributed by atoms with van der Waals surface area (Å²) in [6.07, 6.45) is 7.75. The Bertz CT molecular complexity index is 775. The van der Waals surface area contributed by atoms with E-state index < -0.39 is 0 Å². The second-order valence-electron chi connectivity index (χ2n) is 5.54. The van der Waals surface area contributed by atoms with Crippen LogP contribution in [0.25, 0.3) is 22.3 Å². The first-order valence-corrected chi connectivity index (χ1v) is 7.63. The number of fused-ring (bicyclic) bond motifs is 1. The van der Waals surface area contributed by atoms with E-state index in [0.29, 0.717) is 12.0 Å². The van der Waals surface area contributed by atoms with Gasteiger partial charge in [0.2, 0.25) is 5.95 Å². The topological polar surface area (TPSA) is 78.5 Å². The van der Waals surface area contributed by atoms with Crippen molar-refractivity contribution in [3.63, 3.8) is 0 Å². The summed E-state index contributed by atoms with van der Waals surface area (Å²) in [6.45, 7) is 2.09. The van der Waals surface area contributed by atoms with Crippen LogP contribution in [-0.2, 0) is 0 Å². The van der Waals surface area contributed by atoms with Gasteiger partial charge in [0.05, 0.1) is 5.69 Å². The van der Waals surface area contributed by atoms with Crippen LogP contribution in [0.1, 0.15) is 12.8 Å². The average molecular weight is 294 g/mol. The number of pyridine rings is 1. The summed E-state index contributed by atoms with van der Waals surface area (Å²) < 4.78 is 0. The molecule has 1 fully saturated rings. The minimum Gasteiger partial charge on any atom is -0.351 e. The van der Waals surface area contributed by atoms with Crippen molar-refractivity contribution < 1.29 is 0 Å². The van der Waals surface area contributed by atoms with E-state index in [1.807, 2.05) is 18.3 Å². The van der Waals surface area contributed by atoms with Crippen molar-refractivity contribution >= 4 is 17.0 Å². The first-order chi connectivity index (χ1) is 10.9. The minimum absolute atomic E-state index is 0.445. The zero-order valence-corrected chi connectivity index (χ0v) is 12.2. The maximum Gasteiger partial charge on any atom is 0.223 e. The number of aromatic nitrogens is 4. The van der Waals surface area contributed by atoms with Gasteiger partial charge in [0.25, 0.3) is 0 Å². The molecule has 1 aliphatic rings. The van der Waals surface area contributed by atoms with Crippen LogP contribution in [0.15, 0.2) is 36.8 Å². The number of piperidine rings is 1. The van der Waals surface area contributed by atoms with Crippen molar-refractivity contribution in [3.8, 4) is 11.3 Å². The Kier molecular flexibility index (Phi) is 3.44. The van der Waals surface area contributed by atoms with Crippen molar-refractivity contribution in [2.45, 2.75) is 18.9 Å². The molecule has 0 radical (unpaired) electrons. The fraction of sp³-hybridized carbons (Fsp3) is 0.312. The lowest BCUT2D eigenvalue weighted by molar-refractivity contribution is 0.477. The standard InChI is InChI=1S/C16H18N6/c1-2-12-13(10-20-15(12)18-6-1)14-5-9-19-16(22-14)21-11-3-7-17-8-4-11/h1-2,5-6,9-11,17H,3-4,7-8H2,(H,18,20)(H,19,21,22). The molecule has 112 valence electrons. The molecule has 3 aromatic heterocycles. The molecule has 0 saturated carbocycles. The minimum atomic E-state index is 0.445. The van der Waals surface area contributed by atoms with Crippen molar-refractivity contribution in [2.75, 3.05) is 18.4 Å². The van der Waals surface area contributed by atoms with Crippen LogP contribution >= 0.6 is 0 Å². The van der Waals surface area contributed by atoms with E-state index in [9.17, 15) is 0 Å². The lowest BCUT2D eigenvalue weighted by atomic mass is 10.1. The number of hydrogen-bond donors (Lipinski definition) is 3. The van der Waals surface area contributed by atoms with Gasteiger partial charge in [0.15, 0.2) is 0 Å². The van der Waals surface area contributed by atoms with Gasteiger partial charge in [-0.2, -0.15) is 0 Å². The Morgan fingerprint density at radius 2 is 2.00 bits per heavy atom. The summed E-state index contributed by atoms with van der Waals surface area (Å²) >= 11 is 0. The number of nitrogens with one attached hydrogen (secondary N) is 3. The Labute approximate surface area is 128 Å². The normalized spacial score (nSPS) is 16.0. The third kappa shape index (κ3) is 2.53. The maximum atomic E-state index is 4.67. The summed E-state index contributed by atoms with van der Waals surface area (Å²) in [5.41, 5.74) is 2.84. The van der Waals surface area contributed by atoms with E-state index in [-0.39, 0.29) is 0 Å². The molecule has 0 atom stereocenters. The monoisotopic (exact) mass is 294 g/mol. The second kappa shape index (κ2) is 5.73. The quantitative estimate of drug-likeness (QED) is 0.690. The summed E-state index contributed by atoms with van der Waals surface area (Å²) in [5.74, 6) is 0.697. The van der Waals surface area contributed by atoms with Gasteiger partial charge in [-0.15, -0.1) is 0 Å². The predicted octanol–water partition coefficient (Wildman–Crippen LogP) is 2.18. The molecule has 0 spiro atoms. The van der Waals surface area contributed by atoms with Gasteiger partial charge in [0, 0.05) is 35.6 Å². The molecular formula is C16H18N6. The van der Waals surface area contributed by atoms with E-state index in [4.69, 9.17) is 0 Å². The molecule has 3 aromatic rings. The van der Waals surface area contributed by atoms with Crippen molar-refractivity contribution in [2.24, 2.45) is 0 Å². The molecule has 3 N–H and O–H groups in total. The largest absolute Gasteiger partial charge is 0.351 e. The van der Waals surface area contributed by atoms with Crippen LogP contribution in [-0.4, -0.2) is 39.1 Å². The number of rotatable bonds is 3. The van der Waals surface area contributed by atoms with Gasteiger partial charge in [-0.05, 0) is 44.1 Å². The summed E-state index contributed by atoms with van der Waals surface area (Å²) in [6, 6.07) is 6.37. The van der Waals surface area contributed by atoms with Crippen LogP contribution < -0.4 is 10.6 Å².